The average molecular weight is 324 g/mol. The number of nitrogens with one attached hydrogen (secondary N) is 1. The molecule has 0 aliphatic heterocycles. The number of carbonyl (C=O) groups is 1. The summed E-state index contributed by atoms with van der Waals surface area (Å²) in [5.74, 6) is -0.444. The van der Waals surface area contributed by atoms with Crippen LogP contribution in [0.4, 0.5) is 14.9 Å². The highest BCUT2D eigenvalue weighted by Gasteiger charge is 2.06. The maximum absolute atomic E-state index is 13.2. The summed E-state index contributed by atoms with van der Waals surface area (Å²) in [6.45, 7) is 0.172. The second-order valence-electron chi connectivity index (χ2n) is 3.82. The first-order valence-corrected chi connectivity index (χ1v) is 6.37. The summed E-state index contributed by atoms with van der Waals surface area (Å²) in [6, 6.07) is 13.6. The molecule has 0 unspecified atom stereocenters. The minimum absolute atomic E-state index is 0.172. The van der Waals surface area contributed by atoms with Crippen LogP contribution >= 0.6 is 15.9 Å². The lowest BCUT2D eigenvalue weighted by molar-refractivity contribution is 0.155. The highest BCUT2D eigenvalue weighted by atomic mass is 79.9. The summed E-state index contributed by atoms with van der Waals surface area (Å²) < 4.78 is 18.6. The summed E-state index contributed by atoms with van der Waals surface area (Å²) in [4.78, 5) is 11.5. The summed E-state index contributed by atoms with van der Waals surface area (Å²) in [6.07, 6.45) is -0.620. The molecule has 0 radical (unpaired) electrons. The van der Waals surface area contributed by atoms with Crippen LogP contribution in [0.2, 0.25) is 0 Å². The number of hydrogen-bond acceptors (Lipinski definition) is 2. The Kier molecular flexibility index (Phi) is 4.52. The number of rotatable bonds is 3. The Hall–Kier alpha value is -1.88. The zero-order valence-corrected chi connectivity index (χ0v) is 11.5. The van der Waals surface area contributed by atoms with Gasteiger partial charge in [-0.05, 0) is 39.7 Å². The molecule has 0 heterocycles. The van der Waals surface area contributed by atoms with Gasteiger partial charge in [0.15, 0.2) is 0 Å². The average Bonchev–Trinajstić information content (AvgIpc) is 2.42. The molecule has 3 nitrogen and oxygen atoms in total. The standard InChI is InChI=1S/C14H11BrFNO2/c15-12-7-6-11(8-13(12)16)17-14(18)19-9-10-4-2-1-3-5-10/h1-8H,9H2,(H,17,18). The number of carbonyl (C=O) groups excluding carboxylic acids is 1. The maximum Gasteiger partial charge on any atom is 0.411 e. The van der Waals surface area contributed by atoms with Gasteiger partial charge in [0.05, 0.1) is 4.47 Å². The Labute approximate surface area is 118 Å². The largest absolute Gasteiger partial charge is 0.444 e. The number of benzene rings is 2. The Morgan fingerprint density at radius 2 is 1.95 bits per heavy atom. The van der Waals surface area contributed by atoms with Gasteiger partial charge in [-0.2, -0.15) is 0 Å². The van der Waals surface area contributed by atoms with Gasteiger partial charge in [0.25, 0.3) is 0 Å². The van der Waals surface area contributed by atoms with E-state index >= 15 is 0 Å². The number of ether oxygens (including phenoxy) is 1. The first-order chi connectivity index (χ1) is 9.15. The van der Waals surface area contributed by atoms with E-state index in [4.69, 9.17) is 4.74 Å². The van der Waals surface area contributed by atoms with Crippen molar-refractivity contribution < 1.29 is 13.9 Å². The smallest absolute Gasteiger partial charge is 0.411 e. The van der Waals surface area contributed by atoms with E-state index in [1.54, 1.807) is 6.07 Å². The third-order valence-corrected chi connectivity index (χ3v) is 3.02. The van der Waals surface area contributed by atoms with Crippen molar-refractivity contribution in [2.45, 2.75) is 6.61 Å². The lowest BCUT2D eigenvalue weighted by atomic mass is 10.2. The lowest BCUT2D eigenvalue weighted by Gasteiger charge is -2.07. The molecule has 19 heavy (non-hydrogen) atoms. The molecule has 0 fully saturated rings. The van der Waals surface area contributed by atoms with Gasteiger partial charge in [0.1, 0.15) is 12.4 Å². The van der Waals surface area contributed by atoms with Gasteiger partial charge < -0.3 is 4.74 Å². The Morgan fingerprint density at radius 1 is 1.21 bits per heavy atom. The third kappa shape index (κ3) is 4.06. The van der Waals surface area contributed by atoms with Crippen LogP contribution in [0.25, 0.3) is 0 Å². The summed E-state index contributed by atoms with van der Waals surface area (Å²) in [7, 11) is 0. The molecule has 2 aromatic rings. The van der Waals surface area contributed by atoms with E-state index in [0.29, 0.717) is 10.2 Å². The molecule has 0 spiro atoms. The van der Waals surface area contributed by atoms with E-state index in [9.17, 15) is 9.18 Å². The fourth-order valence-electron chi connectivity index (χ4n) is 1.45. The quantitative estimate of drug-likeness (QED) is 0.912. The molecule has 0 atom stereocenters. The van der Waals surface area contributed by atoms with Crippen molar-refractivity contribution >= 4 is 27.7 Å². The Balaban J connectivity index is 1.89. The van der Waals surface area contributed by atoms with Gasteiger partial charge in [0.2, 0.25) is 0 Å². The van der Waals surface area contributed by atoms with Crippen molar-refractivity contribution in [3.8, 4) is 0 Å². The minimum atomic E-state index is -0.620. The van der Waals surface area contributed by atoms with Crippen molar-refractivity contribution in [2.24, 2.45) is 0 Å². The predicted molar refractivity (Wildman–Crippen MR) is 74.3 cm³/mol. The third-order valence-electron chi connectivity index (χ3n) is 2.38. The van der Waals surface area contributed by atoms with Gasteiger partial charge >= 0.3 is 6.09 Å². The summed E-state index contributed by atoms with van der Waals surface area (Å²) in [5, 5.41) is 2.46. The molecular weight excluding hydrogens is 313 g/mol. The van der Waals surface area contributed by atoms with Crippen molar-refractivity contribution in [3.63, 3.8) is 0 Å². The molecule has 0 saturated carbocycles. The fraction of sp³-hybridized carbons (Fsp3) is 0.0714. The second kappa shape index (κ2) is 6.33. The zero-order chi connectivity index (χ0) is 13.7. The molecule has 1 N–H and O–H groups in total. The monoisotopic (exact) mass is 323 g/mol. The van der Waals surface area contributed by atoms with E-state index < -0.39 is 11.9 Å². The molecule has 2 rings (SSSR count). The zero-order valence-electron chi connectivity index (χ0n) is 9.90. The van der Waals surface area contributed by atoms with Gasteiger partial charge in [-0.3, -0.25) is 5.32 Å². The van der Waals surface area contributed by atoms with E-state index in [1.807, 2.05) is 30.3 Å². The van der Waals surface area contributed by atoms with Crippen LogP contribution < -0.4 is 5.32 Å². The number of hydrogen-bond donors (Lipinski definition) is 1. The second-order valence-corrected chi connectivity index (χ2v) is 4.67. The summed E-state index contributed by atoms with van der Waals surface area (Å²) in [5.41, 5.74) is 1.23. The fourth-order valence-corrected chi connectivity index (χ4v) is 1.70. The van der Waals surface area contributed by atoms with E-state index in [-0.39, 0.29) is 6.61 Å². The molecule has 0 aromatic heterocycles. The first kappa shape index (κ1) is 13.5. The van der Waals surface area contributed by atoms with Crippen molar-refractivity contribution in [2.75, 3.05) is 5.32 Å². The van der Waals surface area contributed by atoms with E-state index in [0.717, 1.165) is 5.56 Å². The molecule has 0 aliphatic carbocycles. The van der Waals surface area contributed by atoms with Gasteiger partial charge in [-0.1, -0.05) is 30.3 Å². The Morgan fingerprint density at radius 3 is 2.63 bits per heavy atom. The molecule has 2 aromatic carbocycles. The molecule has 0 saturated heterocycles. The molecule has 98 valence electrons. The highest BCUT2D eigenvalue weighted by molar-refractivity contribution is 9.10. The lowest BCUT2D eigenvalue weighted by Crippen LogP contribution is -2.13. The van der Waals surface area contributed by atoms with Gasteiger partial charge in [0, 0.05) is 5.69 Å². The van der Waals surface area contributed by atoms with Crippen molar-refractivity contribution in [1.29, 1.82) is 0 Å². The van der Waals surface area contributed by atoms with Crippen LogP contribution in [0.1, 0.15) is 5.56 Å². The predicted octanol–water partition coefficient (Wildman–Crippen LogP) is 4.34. The molecular formula is C14H11BrFNO2. The van der Waals surface area contributed by atoms with Gasteiger partial charge in [-0.25, -0.2) is 9.18 Å². The number of anilines is 1. The minimum Gasteiger partial charge on any atom is -0.444 e. The molecule has 0 bridgehead atoms. The van der Waals surface area contributed by atoms with Crippen LogP contribution in [0.3, 0.4) is 0 Å². The SMILES string of the molecule is O=C(Nc1ccc(Br)c(F)c1)OCc1ccccc1. The topological polar surface area (TPSA) is 38.3 Å². The van der Waals surface area contributed by atoms with Crippen LogP contribution in [-0.4, -0.2) is 6.09 Å². The Bertz CT molecular complexity index is 575. The molecule has 5 heteroatoms. The van der Waals surface area contributed by atoms with Crippen LogP contribution in [0.15, 0.2) is 53.0 Å². The van der Waals surface area contributed by atoms with Gasteiger partial charge in [-0.15, -0.1) is 0 Å². The van der Waals surface area contributed by atoms with Crippen molar-refractivity contribution in [3.05, 3.63) is 64.4 Å². The van der Waals surface area contributed by atoms with Crippen LogP contribution in [0, 0.1) is 5.82 Å². The maximum atomic E-state index is 13.2. The van der Waals surface area contributed by atoms with Crippen LogP contribution in [-0.2, 0) is 11.3 Å². The number of halogens is 2. The van der Waals surface area contributed by atoms with Crippen LogP contribution in [0.5, 0.6) is 0 Å². The van der Waals surface area contributed by atoms with E-state index in [1.165, 1.54) is 12.1 Å². The first-order valence-electron chi connectivity index (χ1n) is 5.58. The molecule has 0 aliphatic rings. The van der Waals surface area contributed by atoms with E-state index in [2.05, 4.69) is 21.2 Å². The highest BCUT2D eigenvalue weighted by Crippen LogP contribution is 2.19. The molecule has 1 amide bonds. The normalized spacial score (nSPS) is 10.0. The number of amides is 1. The van der Waals surface area contributed by atoms with Crippen molar-refractivity contribution in [1.82, 2.24) is 0 Å². The summed E-state index contributed by atoms with van der Waals surface area (Å²) >= 11 is 3.04.